The quantitative estimate of drug-likeness (QED) is 0.642. The van der Waals surface area contributed by atoms with Crippen LogP contribution in [0.5, 0.6) is 0 Å². The minimum atomic E-state index is -0.343. The van der Waals surface area contributed by atoms with Crippen LogP contribution in [-0.4, -0.2) is 0 Å². The van der Waals surface area contributed by atoms with Gasteiger partial charge < -0.3 is 0 Å². The summed E-state index contributed by atoms with van der Waals surface area (Å²) < 4.78 is 14.1. The van der Waals surface area contributed by atoms with Crippen LogP contribution in [0.2, 0.25) is 5.02 Å². The van der Waals surface area contributed by atoms with Crippen molar-refractivity contribution in [3.63, 3.8) is 0 Å². The second kappa shape index (κ2) is 6.69. The zero-order valence-electron chi connectivity index (χ0n) is 11.3. The highest BCUT2D eigenvalue weighted by molar-refractivity contribution is 6.30. The first-order valence-corrected chi connectivity index (χ1v) is 7.45. The Hall–Kier alpha value is -0.640. The fourth-order valence-electron chi connectivity index (χ4n) is 3.17. The molecule has 19 heavy (non-hydrogen) atoms. The van der Waals surface area contributed by atoms with Crippen molar-refractivity contribution < 1.29 is 4.39 Å². The molecule has 0 bridgehead atoms. The van der Waals surface area contributed by atoms with E-state index in [1.807, 2.05) is 0 Å². The number of hydrogen-bond donors (Lipinski definition) is 2. The zero-order chi connectivity index (χ0) is 13.8. The van der Waals surface area contributed by atoms with E-state index in [0.717, 1.165) is 18.8 Å². The molecular weight excluding hydrogens is 263 g/mol. The highest BCUT2D eigenvalue weighted by atomic mass is 35.5. The summed E-state index contributed by atoms with van der Waals surface area (Å²) in [6.45, 7) is 2.24. The highest BCUT2D eigenvalue weighted by Crippen LogP contribution is 2.38. The molecule has 1 aliphatic rings. The summed E-state index contributed by atoms with van der Waals surface area (Å²) in [5.74, 6) is 6.53. The molecule has 1 aromatic rings. The fraction of sp³-hybridized carbons (Fsp3) is 0.600. The van der Waals surface area contributed by atoms with E-state index in [1.54, 1.807) is 18.2 Å². The Labute approximate surface area is 119 Å². The summed E-state index contributed by atoms with van der Waals surface area (Å²) in [5.41, 5.74) is 3.38. The first-order valence-electron chi connectivity index (χ1n) is 7.07. The first kappa shape index (κ1) is 14.8. The number of nitrogens with one attached hydrogen (secondary N) is 1. The molecule has 0 amide bonds. The zero-order valence-corrected chi connectivity index (χ0v) is 12.1. The van der Waals surface area contributed by atoms with E-state index in [1.165, 1.54) is 19.3 Å². The van der Waals surface area contributed by atoms with Crippen LogP contribution in [0.15, 0.2) is 18.2 Å². The number of hydrogen-bond acceptors (Lipinski definition) is 2. The lowest BCUT2D eigenvalue weighted by atomic mass is 9.76. The molecule has 1 unspecified atom stereocenters. The van der Waals surface area contributed by atoms with E-state index in [9.17, 15) is 4.39 Å². The largest absolute Gasteiger partial charge is 0.271 e. The first-order chi connectivity index (χ1) is 9.17. The SMILES string of the molecule is CCC1CCC(C(NN)c2cccc(Cl)c2F)CC1. The molecule has 1 aromatic carbocycles. The molecule has 0 saturated heterocycles. The molecule has 0 aliphatic heterocycles. The van der Waals surface area contributed by atoms with Crippen LogP contribution < -0.4 is 11.3 Å². The van der Waals surface area contributed by atoms with Crippen molar-refractivity contribution in [3.8, 4) is 0 Å². The van der Waals surface area contributed by atoms with E-state index in [2.05, 4.69) is 12.3 Å². The lowest BCUT2D eigenvalue weighted by molar-refractivity contribution is 0.217. The van der Waals surface area contributed by atoms with Gasteiger partial charge in [-0.1, -0.05) is 49.9 Å². The van der Waals surface area contributed by atoms with Crippen molar-refractivity contribution in [2.75, 3.05) is 0 Å². The molecule has 0 aromatic heterocycles. The molecule has 0 spiro atoms. The summed E-state index contributed by atoms with van der Waals surface area (Å²) in [5, 5.41) is 0.167. The third-order valence-corrected chi connectivity index (χ3v) is 4.73. The predicted octanol–water partition coefficient (Wildman–Crippen LogP) is 4.20. The van der Waals surface area contributed by atoms with Crippen LogP contribution in [-0.2, 0) is 0 Å². The van der Waals surface area contributed by atoms with Crippen molar-refractivity contribution >= 4 is 11.6 Å². The molecule has 2 nitrogen and oxygen atoms in total. The fourth-order valence-corrected chi connectivity index (χ4v) is 3.35. The molecular formula is C15H22ClFN2. The van der Waals surface area contributed by atoms with E-state index >= 15 is 0 Å². The average Bonchev–Trinajstić information content (AvgIpc) is 2.45. The molecule has 3 N–H and O–H groups in total. The van der Waals surface area contributed by atoms with Gasteiger partial charge in [-0.15, -0.1) is 0 Å². The predicted molar refractivity (Wildman–Crippen MR) is 77.2 cm³/mol. The van der Waals surface area contributed by atoms with Gasteiger partial charge in [0.1, 0.15) is 5.82 Å². The van der Waals surface area contributed by atoms with Crippen LogP contribution in [0.1, 0.15) is 50.6 Å². The minimum Gasteiger partial charge on any atom is -0.271 e. The van der Waals surface area contributed by atoms with Gasteiger partial charge in [-0.25, -0.2) is 4.39 Å². The molecule has 0 heterocycles. The maximum Gasteiger partial charge on any atom is 0.146 e. The molecule has 106 valence electrons. The van der Waals surface area contributed by atoms with Crippen molar-refractivity contribution in [2.45, 2.75) is 45.1 Å². The normalized spacial score (nSPS) is 25.3. The summed E-state index contributed by atoms with van der Waals surface area (Å²) in [6, 6.07) is 4.99. The number of nitrogens with two attached hydrogens (primary N) is 1. The Bertz CT molecular complexity index is 417. The second-order valence-electron chi connectivity index (χ2n) is 5.48. The summed E-state index contributed by atoms with van der Waals surface area (Å²) in [6.07, 6.45) is 5.85. The van der Waals surface area contributed by atoms with Crippen LogP contribution in [0, 0.1) is 17.7 Å². The molecule has 1 fully saturated rings. The van der Waals surface area contributed by atoms with E-state index in [0.29, 0.717) is 11.5 Å². The molecule has 1 saturated carbocycles. The molecule has 1 atom stereocenters. The highest BCUT2D eigenvalue weighted by Gasteiger charge is 2.29. The summed E-state index contributed by atoms with van der Waals surface area (Å²) in [4.78, 5) is 0. The Morgan fingerprint density at radius 3 is 2.63 bits per heavy atom. The van der Waals surface area contributed by atoms with Gasteiger partial charge in [0.2, 0.25) is 0 Å². The Morgan fingerprint density at radius 2 is 2.05 bits per heavy atom. The molecule has 2 rings (SSSR count). The van der Waals surface area contributed by atoms with Gasteiger partial charge in [0, 0.05) is 5.56 Å². The van der Waals surface area contributed by atoms with Gasteiger partial charge >= 0.3 is 0 Å². The molecule has 1 aliphatic carbocycles. The van der Waals surface area contributed by atoms with Crippen molar-refractivity contribution in [3.05, 3.63) is 34.6 Å². The third kappa shape index (κ3) is 3.28. The van der Waals surface area contributed by atoms with Crippen molar-refractivity contribution in [1.82, 2.24) is 5.43 Å². The smallest absolute Gasteiger partial charge is 0.146 e. The number of benzene rings is 1. The summed E-state index contributed by atoms with van der Waals surface area (Å²) in [7, 11) is 0. The maximum absolute atomic E-state index is 14.1. The average molecular weight is 285 g/mol. The number of hydrazine groups is 1. The van der Waals surface area contributed by atoms with E-state index in [4.69, 9.17) is 17.4 Å². The van der Waals surface area contributed by atoms with Gasteiger partial charge in [0.25, 0.3) is 0 Å². The number of rotatable bonds is 4. The van der Waals surface area contributed by atoms with Gasteiger partial charge in [-0.3, -0.25) is 11.3 Å². The number of halogens is 2. The summed E-state index contributed by atoms with van der Waals surface area (Å²) >= 11 is 5.86. The molecule has 0 radical (unpaired) electrons. The van der Waals surface area contributed by atoms with Crippen LogP contribution >= 0.6 is 11.6 Å². The topological polar surface area (TPSA) is 38.0 Å². The standard InChI is InChI=1S/C15H22ClFN2/c1-2-10-6-8-11(9-7-10)15(19-18)12-4-3-5-13(16)14(12)17/h3-5,10-11,15,19H,2,6-9,18H2,1H3. The van der Waals surface area contributed by atoms with Gasteiger partial charge in [0.05, 0.1) is 11.1 Å². The lowest BCUT2D eigenvalue weighted by Gasteiger charge is -2.33. The van der Waals surface area contributed by atoms with Gasteiger partial charge in [-0.05, 0) is 30.7 Å². The maximum atomic E-state index is 14.1. The van der Waals surface area contributed by atoms with Crippen LogP contribution in [0.3, 0.4) is 0 Å². The molecule has 4 heteroatoms. The van der Waals surface area contributed by atoms with Crippen LogP contribution in [0.4, 0.5) is 4.39 Å². The van der Waals surface area contributed by atoms with Gasteiger partial charge in [0.15, 0.2) is 0 Å². The van der Waals surface area contributed by atoms with Crippen LogP contribution in [0.25, 0.3) is 0 Å². The van der Waals surface area contributed by atoms with Crippen molar-refractivity contribution in [1.29, 1.82) is 0 Å². The Balaban J connectivity index is 2.14. The third-order valence-electron chi connectivity index (χ3n) is 4.44. The monoisotopic (exact) mass is 284 g/mol. The van der Waals surface area contributed by atoms with Gasteiger partial charge in [-0.2, -0.15) is 0 Å². The minimum absolute atomic E-state index is 0.142. The Morgan fingerprint density at radius 1 is 1.37 bits per heavy atom. The van der Waals surface area contributed by atoms with Crippen molar-refractivity contribution in [2.24, 2.45) is 17.7 Å². The second-order valence-corrected chi connectivity index (χ2v) is 5.88. The Kier molecular flexibility index (Phi) is 5.20. The van der Waals surface area contributed by atoms with E-state index in [-0.39, 0.29) is 16.9 Å². The lowest BCUT2D eigenvalue weighted by Crippen LogP contribution is -2.36. The van der Waals surface area contributed by atoms with E-state index < -0.39 is 0 Å².